The maximum atomic E-state index is 11.1. The van der Waals surface area contributed by atoms with Crippen LogP contribution < -0.4 is 4.74 Å². The summed E-state index contributed by atoms with van der Waals surface area (Å²) in [6, 6.07) is 5.01. The van der Waals surface area contributed by atoms with Crippen molar-refractivity contribution in [3.05, 3.63) is 29.5 Å². The van der Waals surface area contributed by atoms with Crippen molar-refractivity contribution < 1.29 is 19.2 Å². The van der Waals surface area contributed by atoms with Crippen LogP contribution >= 0.6 is 0 Å². The maximum absolute atomic E-state index is 11.1. The highest BCUT2D eigenvalue weighted by atomic mass is 16.5. The Bertz CT molecular complexity index is 562. The van der Waals surface area contributed by atoms with Crippen LogP contribution in [0, 0.1) is 6.92 Å². The first kappa shape index (κ1) is 11.1. The molecule has 6 nitrogen and oxygen atoms in total. The molecule has 0 bridgehead atoms. The molecule has 2 heterocycles. The van der Waals surface area contributed by atoms with Crippen LogP contribution in [0.4, 0.5) is 0 Å². The van der Waals surface area contributed by atoms with Gasteiger partial charge in [0.05, 0.1) is 12.8 Å². The average Bonchev–Trinajstić information content (AvgIpc) is 2.71. The minimum absolute atomic E-state index is 0.0192. The number of hydrogen-bond donors (Lipinski definition) is 1. The fraction of sp³-hybridized carbons (Fsp3) is 0.182. The lowest BCUT2D eigenvalue weighted by molar-refractivity contribution is 0.0695. The van der Waals surface area contributed by atoms with Gasteiger partial charge in [-0.15, -0.1) is 0 Å². The molecule has 0 aliphatic rings. The molecule has 2 aromatic heterocycles. The number of rotatable bonds is 3. The van der Waals surface area contributed by atoms with Gasteiger partial charge in [-0.1, -0.05) is 11.2 Å². The van der Waals surface area contributed by atoms with Gasteiger partial charge in [-0.05, 0) is 13.0 Å². The van der Waals surface area contributed by atoms with Gasteiger partial charge in [0, 0.05) is 6.07 Å². The average molecular weight is 234 g/mol. The molecular weight excluding hydrogens is 224 g/mol. The predicted molar refractivity (Wildman–Crippen MR) is 58.0 cm³/mol. The van der Waals surface area contributed by atoms with Gasteiger partial charge in [0.25, 0.3) is 0 Å². The number of ether oxygens (including phenoxy) is 1. The Morgan fingerprint density at radius 1 is 1.47 bits per heavy atom. The third-order valence-electron chi connectivity index (χ3n) is 2.25. The lowest BCUT2D eigenvalue weighted by Crippen LogP contribution is -2.00. The number of nitrogens with zero attached hydrogens (tertiary/aromatic N) is 2. The molecule has 0 saturated carbocycles. The lowest BCUT2D eigenvalue weighted by atomic mass is 10.1. The second kappa shape index (κ2) is 4.25. The van der Waals surface area contributed by atoms with Crippen LogP contribution in [0.5, 0.6) is 5.88 Å². The minimum atomic E-state index is -1.09. The Hall–Kier alpha value is -2.37. The van der Waals surface area contributed by atoms with Crippen LogP contribution in [0.25, 0.3) is 11.4 Å². The van der Waals surface area contributed by atoms with Gasteiger partial charge in [0.1, 0.15) is 17.0 Å². The van der Waals surface area contributed by atoms with E-state index in [1.807, 2.05) is 0 Å². The first-order valence-electron chi connectivity index (χ1n) is 4.84. The number of aromatic nitrogens is 2. The van der Waals surface area contributed by atoms with Gasteiger partial charge in [-0.2, -0.15) is 0 Å². The van der Waals surface area contributed by atoms with E-state index in [4.69, 9.17) is 14.4 Å². The Balaban J connectivity index is 2.56. The zero-order valence-electron chi connectivity index (χ0n) is 9.30. The second-order valence-corrected chi connectivity index (χ2v) is 3.33. The van der Waals surface area contributed by atoms with Gasteiger partial charge in [-0.3, -0.25) is 0 Å². The summed E-state index contributed by atoms with van der Waals surface area (Å²) in [5.74, 6) is -0.458. The molecule has 2 rings (SSSR count). The lowest BCUT2D eigenvalue weighted by Gasteiger charge is -2.01. The third-order valence-corrected chi connectivity index (χ3v) is 2.25. The van der Waals surface area contributed by atoms with Crippen molar-refractivity contribution in [1.82, 2.24) is 10.1 Å². The zero-order valence-corrected chi connectivity index (χ0v) is 9.30. The van der Waals surface area contributed by atoms with E-state index >= 15 is 0 Å². The predicted octanol–water partition coefficient (Wildman–Crippen LogP) is 1.75. The Labute approximate surface area is 96.8 Å². The molecule has 0 atom stereocenters. The molecule has 17 heavy (non-hydrogen) atoms. The van der Waals surface area contributed by atoms with E-state index in [1.165, 1.54) is 7.11 Å². The number of carboxylic acid groups (broad SMARTS) is 1. The topological polar surface area (TPSA) is 85.5 Å². The van der Waals surface area contributed by atoms with Gasteiger partial charge in [0.15, 0.2) is 0 Å². The summed E-state index contributed by atoms with van der Waals surface area (Å²) in [6.45, 7) is 1.54. The van der Waals surface area contributed by atoms with E-state index in [0.717, 1.165) is 0 Å². The van der Waals surface area contributed by atoms with Gasteiger partial charge < -0.3 is 14.4 Å². The molecule has 0 unspecified atom stereocenters. The Kier molecular flexibility index (Phi) is 2.78. The number of hydrogen-bond acceptors (Lipinski definition) is 5. The Morgan fingerprint density at radius 3 is 2.88 bits per heavy atom. The molecule has 88 valence electrons. The first-order chi connectivity index (χ1) is 8.13. The van der Waals surface area contributed by atoms with Crippen molar-refractivity contribution in [3.63, 3.8) is 0 Å². The number of carboxylic acids is 1. The van der Waals surface area contributed by atoms with Crippen molar-refractivity contribution in [3.8, 4) is 17.3 Å². The molecule has 1 N–H and O–H groups in total. The van der Waals surface area contributed by atoms with Crippen molar-refractivity contribution >= 4 is 5.97 Å². The van der Waals surface area contributed by atoms with Crippen LogP contribution in [0.2, 0.25) is 0 Å². The van der Waals surface area contributed by atoms with Crippen LogP contribution in [-0.4, -0.2) is 28.3 Å². The van der Waals surface area contributed by atoms with E-state index in [1.54, 1.807) is 25.1 Å². The monoisotopic (exact) mass is 234 g/mol. The van der Waals surface area contributed by atoms with Crippen LogP contribution in [0.15, 0.2) is 22.7 Å². The largest absolute Gasteiger partial charge is 0.481 e. The molecule has 0 spiro atoms. The van der Waals surface area contributed by atoms with E-state index in [2.05, 4.69) is 10.1 Å². The normalized spacial score (nSPS) is 10.2. The standard InChI is InChI=1S/C11H10N2O4/c1-6-9(11(14)15)10(13-17-6)7-4-3-5-8(12-7)16-2/h3-5H,1-2H3,(H,14,15). The second-order valence-electron chi connectivity index (χ2n) is 3.33. The van der Waals surface area contributed by atoms with Crippen LogP contribution in [0.1, 0.15) is 16.1 Å². The summed E-state index contributed by atoms with van der Waals surface area (Å²) in [4.78, 5) is 15.2. The smallest absolute Gasteiger partial charge is 0.341 e. The van der Waals surface area contributed by atoms with E-state index in [-0.39, 0.29) is 17.0 Å². The molecule has 0 aliphatic carbocycles. The van der Waals surface area contributed by atoms with Gasteiger partial charge in [0.2, 0.25) is 5.88 Å². The first-order valence-corrected chi connectivity index (χ1v) is 4.84. The summed E-state index contributed by atoms with van der Waals surface area (Å²) in [7, 11) is 1.48. The highest BCUT2D eigenvalue weighted by Gasteiger charge is 2.21. The number of aromatic carboxylic acids is 1. The van der Waals surface area contributed by atoms with E-state index in [0.29, 0.717) is 11.6 Å². The maximum Gasteiger partial charge on any atom is 0.341 e. The summed E-state index contributed by atoms with van der Waals surface area (Å²) in [6.07, 6.45) is 0. The van der Waals surface area contributed by atoms with Crippen LogP contribution in [-0.2, 0) is 0 Å². The number of aryl methyl sites for hydroxylation is 1. The summed E-state index contributed by atoms with van der Waals surface area (Å²) >= 11 is 0. The fourth-order valence-electron chi connectivity index (χ4n) is 1.46. The fourth-order valence-corrected chi connectivity index (χ4v) is 1.46. The zero-order chi connectivity index (χ0) is 12.4. The Morgan fingerprint density at radius 2 is 2.24 bits per heavy atom. The van der Waals surface area contributed by atoms with Gasteiger partial charge in [-0.25, -0.2) is 9.78 Å². The molecule has 0 aliphatic heterocycles. The third kappa shape index (κ3) is 1.96. The highest BCUT2D eigenvalue weighted by Crippen LogP contribution is 2.24. The summed E-state index contributed by atoms with van der Waals surface area (Å²) in [5.41, 5.74) is 0.623. The molecule has 0 saturated heterocycles. The van der Waals surface area contributed by atoms with E-state index in [9.17, 15) is 4.79 Å². The van der Waals surface area contributed by atoms with Crippen LogP contribution in [0.3, 0.4) is 0 Å². The molecular formula is C11H10N2O4. The quantitative estimate of drug-likeness (QED) is 0.870. The van der Waals surface area contributed by atoms with Crippen molar-refractivity contribution in [1.29, 1.82) is 0 Å². The minimum Gasteiger partial charge on any atom is -0.481 e. The highest BCUT2D eigenvalue weighted by molar-refractivity contribution is 5.95. The number of methoxy groups -OCH3 is 1. The number of pyridine rings is 1. The van der Waals surface area contributed by atoms with Crippen molar-refractivity contribution in [2.75, 3.05) is 7.11 Å². The number of carbonyl (C=O) groups is 1. The van der Waals surface area contributed by atoms with Crippen molar-refractivity contribution in [2.24, 2.45) is 0 Å². The van der Waals surface area contributed by atoms with Crippen molar-refractivity contribution in [2.45, 2.75) is 6.92 Å². The molecule has 0 radical (unpaired) electrons. The SMILES string of the molecule is COc1cccc(-c2noc(C)c2C(=O)O)n1. The molecule has 2 aromatic rings. The molecule has 0 aromatic carbocycles. The summed E-state index contributed by atoms with van der Waals surface area (Å²) < 4.78 is 9.84. The molecule has 0 fully saturated rings. The summed E-state index contributed by atoms with van der Waals surface area (Å²) in [5, 5.41) is 12.8. The molecule has 6 heteroatoms. The van der Waals surface area contributed by atoms with E-state index < -0.39 is 5.97 Å². The van der Waals surface area contributed by atoms with Gasteiger partial charge >= 0.3 is 5.97 Å². The molecule has 0 amide bonds.